The minimum Gasteiger partial charge on any atom is -0.381 e. The smallest absolute Gasteiger partial charge is 0.191 e. The minimum atomic E-state index is 0. The van der Waals surface area contributed by atoms with Crippen LogP contribution >= 0.6 is 24.0 Å². The van der Waals surface area contributed by atoms with Crippen LogP contribution in [0.2, 0.25) is 0 Å². The predicted octanol–water partition coefficient (Wildman–Crippen LogP) is 0.829. The average Bonchev–Trinajstić information content (AvgIpc) is 2.49. The van der Waals surface area contributed by atoms with Crippen molar-refractivity contribution in [2.24, 2.45) is 10.4 Å². The molecule has 0 aromatic rings. The fourth-order valence-electron chi connectivity index (χ4n) is 3.43. The fraction of sp³-hybridized carbons (Fsp3) is 0.938. The van der Waals surface area contributed by atoms with E-state index in [-0.39, 0.29) is 29.4 Å². The van der Waals surface area contributed by atoms with Gasteiger partial charge in [0.2, 0.25) is 0 Å². The number of nitrogens with one attached hydrogen (secondary N) is 2. The number of rotatable bonds is 4. The quantitative estimate of drug-likeness (QED) is 0.386. The number of aliphatic imine (C=N–C) groups is 1. The van der Waals surface area contributed by atoms with Crippen LogP contribution in [0.3, 0.4) is 0 Å². The van der Waals surface area contributed by atoms with Gasteiger partial charge in [-0.3, -0.25) is 9.89 Å². The predicted molar refractivity (Wildman–Crippen MR) is 107 cm³/mol. The van der Waals surface area contributed by atoms with Gasteiger partial charge in [0.15, 0.2) is 5.96 Å². The summed E-state index contributed by atoms with van der Waals surface area (Å²) in [7, 11) is 8.03. The van der Waals surface area contributed by atoms with Crippen molar-refractivity contribution in [1.82, 2.24) is 20.4 Å². The first-order valence-electron chi connectivity index (χ1n) is 8.27. The molecule has 0 amide bonds. The molecule has 3 unspecified atom stereocenters. The molecule has 1 saturated carbocycles. The van der Waals surface area contributed by atoms with Crippen molar-refractivity contribution in [2.75, 3.05) is 54.4 Å². The van der Waals surface area contributed by atoms with E-state index in [1.165, 1.54) is 0 Å². The van der Waals surface area contributed by atoms with E-state index in [1.54, 1.807) is 7.11 Å². The van der Waals surface area contributed by atoms with Gasteiger partial charge in [0.1, 0.15) is 0 Å². The van der Waals surface area contributed by atoms with Crippen LogP contribution < -0.4 is 10.6 Å². The van der Waals surface area contributed by atoms with E-state index in [2.05, 4.69) is 53.4 Å². The summed E-state index contributed by atoms with van der Waals surface area (Å²) in [4.78, 5) is 9.19. The lowest BCUT2D eigenvalue weighted by atomic mass is 9.64. The summed E-state index contributed by atoms with van der Waals surface area (Å²) in [6, 6.07) is 0.939. The van der Waals surface area contributed by atoms with Crippen molar-refractivity contribution in [2.45, 2.75) is 38.5 Å². The van der Waals surface area contributed by atoms with E-state index < -0.39 is 0 Å². The third-order valence-corrected chi connectivity index (χ3v) is 5.48. The van der Waals surface area contributed by atoms with Crippen LogP contribution in [-0.4, -0.2) is 88.4 Å². The second kappa shape index (κ2) is 8.82. The Labute approximate surface area is 158 Å². The van der Waals surface area contributed by atoms with Crippen LogP contribution in [0.25, 0.3) is 0 Å². The lowest BCUT2D eigenvalue weighted by molar-refractivity contribution is -0.0922. The summed E-state index contributed by atoms with van der Waals surface area (Å²) in [6.07, 6.45) is 1.37. The molecule has 1 saturated heterocycles. The molecule has 136 valence electrons. The highest BCUT2D eigenvalue weighted by molar-refractivity contribution is 14.0. The largest absolute Gasteiger partial charge is 0.381 e. The lowest BCUT2D eigenvalue weighted by Crippen LogP contribution is -2.64. The number of likely N-dealkylation sites (N-methyl/N-ethyl adjacent to an activating group) is 2. The normalized spacial score (nSPS) is 31.9. The van der Waals surface area contributed by atoms with Crippen molar-refractivity contribution in [3.63, 3.8) is 0 Å². The molecule has 1 aliphatic heterocycles. The third-order valence-electron chi connectivity index (χ3n) is 5.48. The number of piperazine rings is 1. The molecule has 0 spiro atoms. The Morgan fingerprint density at radius 2 is 2.00 bits per heavy atom. The average molecular weight is 439 g/mol. The second-order valence-corrected chi connectivity index (χ2v) is 7.33. The molecule has 2 fully saturated rings. The zero-order chi connectivity index (χ0) is 16.3. The van der Waals surface area contributed by atoms with Crippen LogP contribution in [0.5, 0.6) is 0 Å². The monoisotopic (exact) mass is 439 g/mol. The molecule has 7 heteroatoms. The highest BCUT2D eigenvalue weighted by Gasteiger charge is 2.48. The van der Waals surface area contributed by atoms with Crippen LogP contribution in [0.15, 0.2) is 4.99 Å². The van der Waals surface area contributed by atoms with Crippen molar-refractivity contribution < 1.29 is 4.74 Å². The molecular weight excluding hydrogens is 405 g/mol. The van der Waals surface area contributed by atoms with Crippen LogP contribution in [0.1, 0.15) is 20.3 Å². The molecule has 0 radical (unpaired) electrons. The van der Waals surface area contributed by atoms with Crippen molar-refractivity contribution >= 4 is 29.9 Å². The molecule has 1 aliphatic carbocycles. The Morgan fingerprint density at radius 3 is 2.57 bits per heavy atom. The maximum absolute atomic E-state index is 5.52. The molecule has 2 aliphatic rings. The number of ether oxygens (including phenoxy) is 1. The van der Waals surface area contributed by atoms with Gasteiger partial charge in [-0.1, -0.05) is 13.8 Å². The van der Waals surface area contributed by atoms with E-state index in [0.717, 1.165) is 38.6 Å². The first-order chi connectivity index (χ1) is 10.4. The van der Waals surface area contributed by atoms with Crippen molar-refractivity contribution in [1.29, 1.82) is 0 Å². The SMILES string of the molecule is CN=C(NCC1CN(C)CCN1C)NC1CC(OC)C1(C)C.I. The van der Waals surface area contributed by atoms with Gasteiger partial charge in [-0.05, 0) is 20.5 Å². The summed E-state index contributed by atoms with van der Waals surface area (Å²) < 4.78 is 5.52. The number of hydrogen-bond acceptors (Lipinski definition) is 4. The van der Waals surface area contributed by atoms with Gasteiger partial charge in [0.25, 0.3) is 0 Å². The number of guanidine groups is 1. The van der Waals surface area contributed by atoms with E-state index in [1.807, 2.05) is 7.05 Å². The minimum absolute atomic E-state index is 0. The Hall–Kier alpha value is -0.120. The molecule has 6 nitrogen and oxygen atoms in total. The van der Waals surface area contributed by atoms with E-state index in [0.29, 0.717) is 18.2 Å². The van der Waals surface area contributed by atoms with Crippen molar-refractivity contribution in [3.8, 4) is 0 Å². The Bertz CT molecular complexity index is 404. The van der Waals surface area contributed by atoms with E-state index in [9.17, 15) is 0 Å². The van der Waals surface area contributed by atoms with Crippen LogP contribution in [-0.2, 0) is 4.74 Å². The maximum Gasteiger partial charge on any atom is 0.191 e. The summed E-state index contributed by atoms with van der Waals surface area (Å²) in [5.74, 6) is 0.897. The molecule has 0 bridgehead atoms. The van der Waals surface area contributed by atoms with Gasteiger partial charge in [0, 0.05) is 57.8 Å². The molecule has 0 aromatic heterocycles. The van der Waals surface area contributed by atoms with E-state index >= 15 is 0 Å². The highest BCUT2D eigenvalue weighted by Crippen LogP contribution is 2.42. The summed E-state index contributed by atoms with van der Waals surface area (Å²) in [5, 5.41) is 7.04. The highest BCUT2D eigenvalue weighted by atomic mass is 127. The Kier molecular flexibility index (Phi) is 8.03. The first kappa shape index (κ1) is 20.9. The van der Waals surface area contributed by atoms with Gasteiger partial charge >= 0.3 is 0 Å². The molecule has 0 aromatic carbocycles. The number of halogens is 1. The van der Waals surface area contributed by atoms with Gasteiger partial charge in [-0.15, -0.1) is 24.0 Å². The zero-order valence-electron chi connectivity index (χ0n) is 15.4. The third kappa shape index (κ3) is 4.93. The summed E-state index contributed by atoms with van der Waals surface area (Å²) >= 11 is 0. The molecular formula is C16H34IN5O. The molecule has 2 rings (SSSR count). The second-order valence-electron chi connectivity index (χ2n) is 7.33. The standard InChI is InChI=1S/C16H33N5O.HI/c1-16(2)13(9-14(16)22-6)19-15(17-3)18-10-12-11-20(4)7-8-21(12)5;/h12-14H,7-11H2,1-6H3,(H2,17,18,19);1H. The van der Waals surface area contributed by atoms with Gasteiger partial charge in [-0.25, -0.2) is 0 Å². The van der Waals surface area contributed by atoms with Crippen LogP contribution in [0.4, 0.5) is 0 Å². The summed E-state index contributed by atoms with van der Waals surface area (Å²) in [6.45, 7) is 8.79. The Balaban J connectivity index is 0.00000264. The first-order valence-corrected chi connectivity index (χ1v) is 8.27. The molecule has 1 heterocycles. The number of nitrogens with zero attached hydrogens (tertiary/aromatic N) is 3. The number of methoxy groups -OCH3 is 1. The molecule has 23 heavy (non-hydrogen) atoms. The Morgan fingerprint density at radius 1 is 1.30 bits per heavy atom. The van der Waals surface area contributed by atoms with Crippen molar-refractivity contribution in [3.05, 3.63) is 0 Å². The van der Waals surface area contributed by atoms with E-state index in [4.69, 9.17) is 4.74 Å². The van der Waals surface area contributed by atoms with Gasteiger partial charge in [0.05, 0.1) is 6.10 Å². The number of hydrogen-bond donors (Lipinski definition) is 2. The lowest BCUT2D eigenvalue weighted by Gasteiger charge is -2.51. The molecule has 3 atom stereocenters. The van der Waals surface area contributed by atoms with Gasteiger partial charge < -0.3 is 20.3 Å². The van der Waals surface area contributed by atoms with Gasteiger partial charge in [-0.2, -0.15) is 0 Å². The summed E-state index contributed by atoms with van der Waals surface area (Å²) in [5.41, 5.74) is 0.147. The maximum atomic E-state index is 5.52. The zero-order valence-corrected chi connectivity index (χ0v) is 17.8. The topological polar surface area (TPSA) is 52.1 Å². The fourth-order valence-corrected chi connectivity index (χ4v) is 3.43. The molecule has 2 N–H and O–H groups in total. The van der Waals surface area contributed by atoms with Crippen LogP contribution in [0, 0.1) is 5.41 Å².